The summed E-state index contributed by atoms with van der Waals surface area (Å²) in [4.78, 5) is 0.121. The molecule has 8 heteroatoms. The highest BCUT2D eigenvalue weighted by Crippen LogP contribution is 2.21. The number of aromatic nitrogens is 2. The van der Waals surface area contributed by atoms with E-state index >= 15 is 0 Å². The lowest BCUT2D eigenvalue weighted by Crippen LogP contribution is -2.12. The van der Waals surface area contributed by atoms with E-state index in [1.807, 2.05) is 6.92 Å². The van der Waals surface area contributed by atoms with E-state index in [0.29, 0.717) is 12.0 Å². The van der Waals surface area contributed by atoms with Gasteiger partial charge in [-0.15, -0.1) is 10.2 Å². The quantitative estimate of drug-likeness (QED) is 0.880. The summed E-state index contributed by atoms with van der Waals surface area (Å²) in [6, 6.07) is 6.06. The van der Waals surface area contributed by atoms with Crippen LogP contribution in [0.2, 0.25) is 0 Å². The van der Waals surface area contributed by atoms with Crippen LogP contribution >= 0.6 is 11.3 Å². The molecule has 0 aliphatic carbocycles. The SMILES string of the molecule is CCc1nnc(NS(=O)(=O)c2ccc(C(C)O)cc2)s1. The molecule has 1 atom stereocenters. The molecule has 0 spiro atoms. The van der Waals surface area contributed by atoms with Gasteiger partial charge >= 0.3 is 0 Å². The van der Waals surface area contributed by atoms with Crippen LogP contribution < -0.4 is 4.72 Å². The van der Waals surface area contributed by atoms with Crippen molar-refractivity contribution in [2.24, 2.45) is 0 Å². The van der Waals surface area contributed by atoms with Crippen molar-refractivity contribution in [1.29, 1.82) is 0 Å². The lowest BCUT2D eigenvalue weighted by atomic mass is 10.1. The van der Waals surface area contributed by atoms with Crippen molar-refractivity contribution in [2.75, 3.05) is 4.72 Å². The molecular weight excluding hydrogens is 298 g/mol. The van der Waals surface area contributed by atoms with Gasteiger partial charge in [0.05, 0.1) is 11.0 Å². The van der Waals surface area contributed by atoms with Gasteiger partial charge in [-0.05, 0) is 31.0 Å². The van der Waals surface area contributed by atoms with Gasteiger partial charge in [-0.3, -0.25) is 4.72 Å². The van der Waals surface area contributed by atoms with Gasteiger partial charge in [-0.2, -0.15) is 0 Å². The first-order valence-electron chi connectivity index (χ1n) is 6.05. The molecule has 0 fully saturated rings. The van der Waals surface area contributed by atoms with Crippen LogP contribution in [0.15, 0.2) is 29.2 Å². The van der Waals surface area contributed by atoms with Crippen LogP contribution in [0.1, 0.15) is 30.5 Å². The van der Waals surface area contributed by atoms with Crippen LogP contribution in [0.4, 0.5) is 5.13 Å². The van der Waals surface area contributed by atoms with E-state index in [1.54, 1.807) is 19.1 Å². The van der Waals surface area contributed by atoms with Crippen LogP contribution in [0, 0.1) is 0 Å². The highest BCUT2D eigenvalue weighted by molar-refractivity contribution is 7.93. The van der Waals surface area contributed by atoms with Crippen molar-refractivity contribution in [2.45, 2.75) is 31.3 Å². The number of benzene rings is 1. The number of aliphatic hydroxyl groups is 1. The summed E-state index contributed by atoms with van der Waals surface area (Å²) < 4.78 is 26.7. The highest BCUT2D eigenvalue weighted by Gasteiger charge is 2.17. The molecule has 2 aromatic rings. The summed E-state index contributed by atoms with van der Waals surface area (Å²) in [6.45, 7) is 3.54. The molecule has 1 aromatic heterocycles. The normalized spacial score (nSPS) is 13.2. The van der Waals surface area contributed by atoms with E-state index in [-0.39, 0.29) is 10.0 Å². The lowest BCUT2D eigenvalue weighted by molar-refractivity contribution is 0.199. The number of anilines is 1. The predicted molar refractivity (Wildman–Crippen MR) is 77.2 cm³/mol. The molecule has 0 aliphatic heterocycles. The second kappa shape index (κ2) is 5.86. The maximum Gasteiger partial charge on any atom is 0.263 e. The first-order valence-corrected chi connectivity index (χ1v) is 8.35. The Labute approximate surface area is 121 Å². The van der Waals surface area contributed by atoms with Gasteiger partial charge in [0.1, 0.15) is 5.01 Å². The Bertz CT molecular complexity index is 678. The molecule has 2 rings (SSSR count). The first-order chi connectivity index (χ1) is 9.42. The largest absolute Gasteiger partial charge is 0.389 e. The minimum absolute atomic E-state index is 0.121. The van der Waals surface area contributed by atoms with E-state index in [2.05, 4.69) is 14.9 Å². The van der Waals surface area contributed by atoms with Gasteiger partial charge in [0.15, 0.2) is 0 Å². The van der Waals surface area contributed by atoms with Gasteiger partial charge in [-0.1, -0.05) is 30.4 Å². The van der Waals surface area contributed by atoms with Crippen molar-refractivity contribution in [3.63, 3.8) is 0 Å². The zero-order valence-corrected chi connectivity index (χ0v) is 12.7. The Morgan fingerprint density at radius 3 is 2.45 bits per heavy atom. The number of rotatable bonds is 5. The van der Waals surface area contributed by atoms with E-state index < -0.39 is 16.1 Å². The molecule has 1 unspecified atom stereocenters. The van der Waals surface area contributed by atoms with Gasteiger partial charge in [0.2, 0.25) is 5.13 Å². The number of sulfonamides is 1. The van der Waals surface area contributed by atoms with Gasteiger partial charge in [-0.25, -0.2) is 8.42 Å². The fourth-order valence-electron chi connectivity index (χ4n) is 1.54. The first kappa shape index (κ1) is 14.9. The summed E-state index contributed by atoms with van der Waals surface area (Å²) in [5, 5.41) is 18.1. The number of nitrogens with zero attached hydrogens (tertiary/aromatic N) is 2. The predicted octanol–water partition coefficient (Wildman–Crippen LogP) is 1.95. The number of hydrogen-bond acceptors (Lipinski definition) is 6. The Hall–Kier alpha value is -1.51. The maximum absolute atomic E-state index is 12.1. The number of nitrogens with one attached hydrogen (secondary N) is 1. The molecule has 0 saturated heterocycles. The number of aliphatic hydroxyl groups excluding tert-OH is 1. The van der Waals surface area contributed by atoms with E-state index in [1.165, 1.54) is 23.5 Å². The molecule has 20 heavy (non-hydrogen) atoms. The molecule has 6 nitrogen and oxygen atoms in total. The average Bonchev–Trinajstić information content (AvgIpc) is 2.85. The monoisotopic (exact) mass is 313 g/mol. The minimum atomic E-state index is -3.67. The molecule has 108 valence electrons. The summed E-state index contributed by atoms with van der Waals surface area (Å²) in [7, 11) is -3.67. The lowest BCUT2D eigenvalue weighted by Gasteiger charge is -2.07. The van der Waals surface area contributed by atoms with Crippen LogP contribution in [0.5, 0.6) is 0 Å². The molecule has 0 radical (unpaired) electrons. The third-order valence-electron chi connectivity index (χ3n) is 2.66. The van der Waals surface area contributed by atoms with E-state index in [9.17, 15) is 13.5 Å². The maximum atomic E-state index is 12.1. The van der Waals surface area contributed by atoms with Crippen LogP contribution in [0.3, 0.4) is 0 Å². The highest BCUT2D eigenvalue weighted by atomic mass is 32.2. The molecule has 0 aliphatic rings. The molecule has 0 bridgehead atoms. The molecule has 0 saturated carbocycles. The zero-order chi connectivity index (χ0) is 14.8. The topological polar surface area (TPSA) is 92.2 Å². The Morgan fingerprint density at radius 2 is 1.95 bits per heavy atom. The second-order valence-electron chi connectivity index (χ2n) is 4.21. The average molecular weight is 313 g/mol. The van der Waals surface area contributed by atoms with Gasteiger partial charge < -0.3 is 5.11 Å². The summed E-state index contributed by atoms with van der Waals surface area (Å²) >= 11 is 1.21. The molecule has 0 amide bonds. The van der Waals surface area contributed by atoms with Gasteiger partial charge in [0.25, 0.3) is 10.0 Å². The van der Waals surface area contributed by atoms with Crippen molar-refractivity contribution < 1.29 is 13.5 Å². The van der Waals surface area contributed by atoms with Crippen molar-refractivity contribution in [3.8, 4) is 0 Å². The smallest absolute Gasteiger partial charge is 0.263 e. The third kappa shape index (κ3) is 3.33. The Kier molecular flexibility index (Phi) is 4.36. The Balaban J connectivity index is 2.21. The fourth-order valence-corrected chi connectivity index (χ4v) is 3.45. The van der Waals surface area contributed by atoms with Gasteiger partial charge in [0, 0.05) is 0 Å². The summed E-state index contributed by atoms with van der Waals surface area (Å²) in [5.74, 6) is 0. The summed E-state index contributed by atoms with van der Waals surface area (Å²) in [6.07, 6.45) is 0.0812. The molecular formula is C12H15N3O3S2. The molecule has 2 N–H and O–H groups in total. The van der Waals surface area contributed by atoms with Crippen molar-refractivity contribution in [1.82, 2.24) is 10.2 Å². The second-order valence-corrected chi connectivity index (χ2v) is 6.95. The van der Waals surface area contributed by atoms with Crippen LogP contribution in [0.25, 0.3) is 0 Å². The Morgan fingerprint density at radius 1 is 1.30 bits per heavy atom. The number of aryl methyl sites for hydroxylation is 1. The molecule has 1 heterocycles. The van der Waals surface area contributed by atoms with Crippen molar-refractivity contribution >= 4 is 26.5 Å². The fraction of sp³-hybridized carbons (Fsp3) is 0.333. The number of hydrogen-bond donors (Lipinski definition) is 2. The van der Waals surface area contributed by atoms with E-state index in [4.69, 9.17) is 0 Å². The standard InChI is InChI=1S/C12H15N3O3S2/c1-3-11-13-14-12(19-11)15-20(17,18)10-6-4-9(5-7-10)8(2)16/h4-8,16H,3H2,1-2H3,(H,14,15). The summed E-state index contributed by atoms with van der Waals surface area (Å²) in [5.41, 5.74) is 0.660. The molecule has 1 aromatic carbocycles. The van der Waals surface area contributed by atoms with Crippen LogP contribution in [-0.4, -0.2) is 23.7 Å². The minimum Gasteiger partial charge on any atom is -0.389 e. The van der Waals surface area contributed by atoms with Crippen LogP contribution in [-0.2, 0) is 16.4 Å². The van der Waals surface area contributed by atoms with Crippen molar-refractivity contribution in [3.05, 3.63) is 34.8 Å². The van der Waals surface area contributed by atoms with E-state index in [0.717, 1.165) is 5.01 Å². The third-order valence-corrected chi connectivity index (χ3v) is 5.13. The zero-order valence-electron chi connectivity index (χ0n) is 11.1.